The second kappa shape index (κ2) is 5.53. The zero-order valence-corrected chi connectivity index (χ0v) is 10.1. The lowest BCUT2D eigenvalue weighted by Crippen LogP contribution is -2.23. The number of pyridine rings is 1. The number of rotatable bonds is 4. The summed E-state index contributed by atoms with van der Waals surface area (Å²) >= 11 is 0. The Labute approximate surface area is 100 Å². The van der Waals surface area contributed by atoms with Crippen molar-refractivity contribution in [2.24, 2.45) is 5.92 Å². The maximum absolute atomic E-state index is 13.0. The summed E-state index contributed by atoms with van der Waals surface area (Å²) in [4.78, 5) is 9.32. The lowest BCUT2D eigenvalue weighted by Gasteiger charge is -2.16. The average molecular weight is 240 g/mol. The predicted molar refractivity (Wildman–Crippen MR) is 60.6 cm³/mol. The topological polar surface area (TPSA) is 34.6 Å². The summed E-state index contributed by atoms with van der Waals surface area (Å²) in [6, 6.07) is 3.23. The summed E-state index contributed by atoms with van der Waals surface area (Å²) in [6.45, 7) is 4.28. The van der Waals surface area contributed by atoms with Gasteiger partial charge in [-0.25, -0.2) is 4.98 Å². The smallest absolute Gasteiger partial charge is 0.213 e. The quantitative estimate of drug-likeness (QED) is 0.751. The molecule has 0 unspecified atom stereocenters. The van der Waals surface area contributed by atoms with E-state index in [9.17, 15) is 4.39 Å². The predicted octanol–water partition coefficient (Wildman–Crippen LogP) is 1.79. The fourth-order valence-electron chi connectivity index (χ4n) is 2.05. The zero-order valence-electron chi connectivity index (χ0n) is 10.1. The van der Waals surface area contributed by atoms with Crippen LogP contribution in [0.4, 0.5) is 4.39 Å². The molecule has 1 aromatic heterocycles. The molecular weight excluding hydrogens is 223 g/mol. The van der Waals surface area contributed by atoms with Gasteiger partial charge in [0.2, 0.25) is 5.95 Å². The standard InChI is InChI=1S/C12H17FN2O2/c1-9-8-15(5-6-16-2)17-12(9)10-3-4-14-11(13)7-10/h3-4,7,9,12H,5-6,8H2,1-2H3/t9-,12-/m1/s1. The maximum atomic E-state index is 13.0. The van der Waals surface area contributed by atoms with Crippen molar-refractivity contribution in [1.29, 1.82) is 0 Å². The van der Waals surface area contributed by atoms with Gasteiger partial charge in [0, 0.05) is 32.3 Å². The van der Waals surface area contributed by atoms with Crippen molar-refractivity contribution in [3.63, 3.8) is 0 Å². The molecule has 0 amide bonds. The summed E-state index contributed by atoms with van der Waals surface area (Å²) in [6.07, 6.45) is 1.38. The van der Waals surface area contributed by atoms with Gasteiger partial charge in [0.25, 0.3) is 0 Å². The number of halogens is 1. The molecule has 0 N–H and O–H groups in total. The van der Waals surface area contributed by atoms with E-state index in [-0.39, 0.29) is 6.10 Å². The third-order valence-electron chi connectivity index (χ3n) is 2.90. The summed E-state index contributed by atoms with van der Waals surface area (Å²) in [5.41, 5.74) is 0.838. The molecule has 0 saturated carbocycles. The van der Waals surface area contributed by atoms with Crippen LogP contribution in [0.2, 0.25) is 0 Å². The van der Waals surface area contributed by atoms with Crippen LogP contribution in [0.3, 0.4) is 0 Å². The van der Waals surface area contributed by atoms with Crippen molar-refractivity contribution >= 4 is 0 Å². The van der Waals surface area contributed by atoms with Crippen LogP contribution in [0, 0.1) is 11.9 Å². The van der Waals surface area contributed by atoms with E-state index in [1.807, 2.05) is 5.06 Å². The molecule has 1 aromatic rings. The van der Waals surface area contributed by atoms with Crippen molar-refractivity contribution < 1.29 is 14.0 Å². The highest BCUT2D eigenvalue weighted by Gasteiger charge is 2.32. The van der Waals surface area contributed by atoms with Crippen LogP contribution in [0.25, 0.3) is 0 Å². The second-order valence-electron chi connectivity index (χ2n) is 4.30. The molecule has 2 rings (SSSR count). The molecule has 1 aliphatic rings. The van der Waals surface area contributed by atoms with Gasteiger partial charge in [0.05, 0.1) is 6.61 Å². The van der Waals surface area contributed by atoms with Gasteiger partial charge in [-0.15, -0.1) is 0 Å². The Morgan fingerprint density at radius 2 is 2.47 bits per heavy atom. The maximum Gasteiger partial charge on any atom is 0.213 e. The molecule has 2 heterocycles. The van der Waals surface area contributed by atoms with E-state index < -0.39 is 5.95 Å². The lowest BCUT2D eigenvalue weighted by molar-refractivity contribution is -0.154. The molecule has 5 heteroatoms. The van der Waals surface area contributed by atoms with Crippen LogP contribution >= 0.6 is 0 Å². The third-order valence-corrected chi connectivity index (χ3v) is 2.90. The number of hydrogen-bond donors (Lipinski definition) is 0. The lowest BCUT2D eigenvalue weighted by atomic mass is 9.99. The molecule has 2 atom stereocenters. The molecule has 0 aromatic carbocycles. The molecule has 1 fully saturated rings. The van der Waals surface area contributed by atoms with Gasteiger partial charge in [0.1, 0.15) is 6.10 Å². The third kappa shape index (κ3) is 3.00. The largest absolute Gasteiger partial charge is 0.383 e. The van der Waals surface area contributed by atoms with Gasteiger partial charge < -0.3 is 4.74 Å². The first-order valence-electron chi connectivity index (χ1n) is 5.73. The summed E-state index contributed by atoms with van der Waals surface area (Å²) < 4.78 is 18.1. The second-order valence-corrected chi connectivity index (χ2v) is 4.30. The Hall–Kier alpha value is -1.04. The van der Waals surface area contributed by atoms with Gasteiger partial charge in [-0.1, -0.05) is 6.92 Å². The van der Waals surface area contributed by atoms with Crippen molar-refractivity contribution in [2.75, 3.05) is 26.8 Å². The van der Waals surface area contributed by atoms with Gasteiger partial charge in [-0.05, 0) is 17.7 Å². The molecule has 0 spiro atoms. The van der Waals surface area contributed by atoms with E-state index >= 15 is 0 Å². The molecule has 0 radical (unpaired) electrons. The van der Waals surface area contributed by atoms with Crippen molar-refractivity contribution in [1.82, 2.24) is 10.0 Å². The number of hydroxylamine groups is 2. The van der Waals surface area contributed by atoms with Crippen molar-refractivity contribution in [3.05, 3.63) is 29.8 Å². The fourth-order valence-corrected chi connectivity index (χ4v) is 2.05. The SMILES string of the molecule is COCCN1C[C@@H](C)[C@H](c2ccnc(F)c2)O1. The van der Waals surface area contributed by atoms with Crippen LogP contribution in [0.5, 0.6) is 0 Å². The Kier molecular flexibility index (Phi) is 4.04. The van der Waals surface area contributed by atoms with E-state index in [4.69, 9.17) is 9.57 Å². The molecule has 4 nitrogen and oxygen atoms in total. The minimum absolute atomic E-state index is 0.0932. The Bertz CT molecular complexity index is 375. The van der Waals surface area contributed by atoms with Crippen LogP contribution in [-0.2, 0) is 9.57 Å². The molecule has 1 saturated heterocycles. The number of methoxy groups -OCH3 is 1. The summed E-state index contributed by atoms with van der Waals surface area (Å²) in [5.74, 6) is -0.137. The number of ether oxygens (including phenoxy) is 1. The Morgan fingerprint density at radius 3 is 3.18 bits per heavy atom. The summed E-state index contributed by atoms with van der Waals surface area (Å²) in [5, 5.41) is 1.87. The van der Waals surface area contributed by atoms with Crippen LogP contribution in [0.1, 0.15) is 18.6 Å². The number of nitrogens with zero attached hydrogens (tertiary/aromatic N) is 2. The van der Waals surface area contributed by atoms with E-state index in [0.29, 0.717) is 12.5 Å². The minimum Gasteiger partial charge on any atom is -0.383 e. The van der Waals surface area contributed by atoms with Gasteiger partial charge in [-0.2, -0.15) is 9.45 Å². The zero-order chi connectivity index (χ0) is 12.3. The molecule has 17 heavy (non-hydrogen) atoms. The monoisotopic (exact) mass is 240 g/mol. The van der Waals surface area contributed by atoms with E-state index in [1.165, 1.54) is 12.3 Å². The van der Waals surface area contributed by atoms with E-state index in [2.05, 4.69) is 11.9 Å². The Balaban J connectivity index is 2.02. The molecular formula is C12H17FN2O2. The van der Waals surface area contributed by atoms with Crippen LogP contribution in [0.15, 0.2) is 18.3 Å². The first-order chi connectivity index (χ1) is 8.20. The fraction of sp³-hybridized carbons (Fsp3) is 0.583. The molecule has 0 aliphatic carbocycles. The first-order valence-corrected chi connectivity index (χ1v) is 5.73. The average Bonchev–Trinajstić information content (AvgIpc) is 2.68. The highest BCUT2D eigenvalue weighted by Crippen LogP contribution is 2.33. The Morgan fingerprint density at radius 1 is 1.65 bits per heavy atom. The first kappa shape index (κ1) is 12.4. The van der Waals surface area contributed by atoms with Gasteiger partial charge in [-0.3, -0.25) is 4.84 Å². The van der Waals surface area contributed by atoms with E-state index in [0.717, 1.165) is 18.7 Å². The molecule has 1 aliphatic heterocycles. The molecule has 94 valence electrons. The highest BCUT2D eigenvalue weighted by atomic mass is 19.1. The summed E-state index contributed by atoms with van der Waals surface area (Å²) in [7, 11) is 1.66. The van der Waals surface area contributed by atoms with Crippen molar-refractivity contribution in [2.45, 2.75) is 13.0 Å². The normalized spacial score (nSPS) is 25.4. The number of aromatic nitrogens is 1. The molecule has 0 bridgehead atoms. The van der Waals surface area contributed by atoms with E-state index in [1.54, 1.807) is 13.2 Å². The van der Waals surface area contributed by atoms with Gasteiger partial charge >= 0.3 is 0 Å². The highest BCUT2D eigenvalue weighted by molar-refractivity contribution is 5.15. The number of hydrogen-bond acceptors (Lipinski definition) is 4. The van der Waals surface area contributed by atoms with Crippen molar-refractivity contribution in [3.8, 4) is 0 Å². The minimum atomic E-state index is -0.464. The van der Waals surface area contributed by atoms with Gasteiger partial charge in [0.15, 0.2) is 0 Å². The van der Waals surface area contributed by atoms with Crippen LogP contribution < -0.4 is 0 Å². The van der Waals surface area contributed by atoms with Crippen LogP contribution in [-0.4, -0.2) is 36.9 Å².